The second kappa shape index (κ2) is 7.84. The smallest absolute Gasteiger partial charge is 0.277 e. The molecule has 2 aromatic carbocycles. The van der Waals surface area contributed by atoms with Crippen molar-refractivity contribution in [1.82, 2.24) is 15.1 Å². The monoisotopic (exact) mass is 430 g/mol. The molecule has 0 atom stereocenters. The van der Waals surface area contributed by atoms with Crippen LogP contribution in [0.5, 0.6) is 5.75 Å². The van der Waals surface area contributed by atoms with Gasteiger partial charge in [-0.05, 0) is 55.0 Å². The zero-order valence-electron chi connectivity index (χ0n) is 17.5. The molecule has 5 rings (SSSR count). The van der Waals surface area contributed by atoms with Gasteiger partial charge in [-0.3, -0.25) is 14.6 Å². The summed E-state index contributed by atoms with van der Waals surface area (Å²) < 4.78 is 6.71. The van der Waals surface area contributed by atoms with E-state index in [0.29, 0.717) is 35.7 Å². The first-order chi connectivity index (χ1) is 15.6. The first-order valence-corrected chi connectivity index (χ1v) is 10.3. The molecule has 3 heterocycles. The van der Waals surface area contributed by atoms with Crippen LogP contribution in [0.4, 0.5) is 5.69 Å². The van der Waals surface area contributed by atoms with Gasteiger partial charge < -0.3 is 20.7 Å². The third-order valence-electron chi connectivity index (χ3n) is 5.69. The molecule has 32 heavy (non-hydrogen) atoms. The highest BCUT2D eigenvalue weighted by Crippen LogP contribution is 2.29. The quantitative estimate of drug-likeness (QED) is 0.637. The van der Waals surface area contributed by atoms with Gasteiger partial charge in [0.05, 0.1) is 19.3 Å². The summed E-state index contributed by atoms with van der Waals surface area (Å²) in [5.41, 5.74) is 9.02. The zero-order chi connectivity index (χ0) is 22.2. The summed E-state index contributed by atoms with van der Waals surface area (Å²) in [7, 11) is 1.58. The van der Waals surface area contributed by atoms with Crippen molar-refractivity contribution >= 4 is 23.3 Å². The molecule has 0 radical (unpaired) electrons. The molecular weight excluding hydrogens is 408 g/mol. The molecule has 0 aliphatic carbocycles. The fourth-order valence-electron chi connectivity index (χ4n) is 4.10. The Morgan fingerprint density at radius 3 is 2.44 bits per heavy atom. The fourth-order valence-corrected chi connectivity index (χ4v) is 4.10. The Morgan fingerprint density at radius 2 is 1.81 bits per heavy atom. The molecule has 2 aliphatic rings. The Morgan fingerprint density at radius 1 is 1.09 bits per heavy atom. The molecule has 0 saturated heterocycles. The lowest BCUT2D eigenvalue weighted by atomic mass is 10.0. The molecule has 9 heteroatoms. The Bertz CT molecular complexity index is 1230. The number of hydrogen-bond acceptors (Lipinski definition) is 6. The second-order valence-electron chi connectivity index (χ2n) is 7.56. The summed E-state index contributed by atoms with van der Waals surface area (Å²) >= 11 is 0. The van der Waals surface area contributed by atoms with Crippen LogP contribution in [0, 0.1) is 0 Å². The van der Waals surface area contributed by atoms with Crippen LogP contribution in [0.2, 0.25) is 0 Å². The molecule has 0 bridgehead atoms. The van der Waals surface area contributed by atoms with Gasteiger partial charge in [-0.1, -0.05) is 0 Å². The van der Waals surface area contributed by atoms with Gasteiger partial charge in [0.25, 0.3) is 11.8 Å². The molecular formula is C23H22N6O3. The summed E-state index contributed by atoms with van der Waals surface area (Å²) in [6.45, 7) is 2.03. The predicted octanol–water partition coefficient (Wildman–Crippen LogP) is 1.53. The number of hydrogen-bond donors (Lipinski definition) is 2. The predicted molar refractivity (Wildman–Crippen MR) is 120 cm³/mol. The maximum absolute atomic E-state index is 13.6. The number of amidine groups is 1. The average Bonchev–Trinajstić information content (AvgIpc) is 3.48. The van der Waals surface area contributed by atoms with Gasteiger partial charge in [-0.25, -0.2) is 4.68 Å². The van der Waals surface area contributed by atoms with E-state index in [4.69, 9.17) is 10.5 Å². The maximum Gasteiger partial charge on any atom is 0.277 e. The molecule has 0 fully saturated rings. The minimum absolute atomic E-state index is 0.129. The third-order valence-corrected chi connectivity index (χ3v) is 5.69. The Hall–Kier alpha value is -4.14. The van der Waals surface area contributed by atoms with Crippen molar-refractivity contribution in [3.05, 3.63) is 71.0 Å². The maximum atomic E-state index is 13.6. The van der Waals surface area contributed by atoms with Crippen molar-refractivity contribution in [3.63, 3.8) is 0 Å². The summed E-state index contributed by atoms with van der Waals surface area (Å²) in [5, 5.41) is 7.64. The molecule has 0 spiro atoms. The van der Waals surface area contributed by atoms with Gasteiger partial charge in [0.1, 0.15) is 17.3 Å². The number of methoxy groups -OCH3 is 1. The number of nitrogens with zero attached hydrogens (tertiary/aromatic N) is 4. The summed E-state index contributed by atoms with van der Waals surface area (Å²) in [6, 6.07) is 14.8. The van der Waals surface area contributed by atoms with Crippen molar-refractivity contribution < 1.29 is 14.3 Å². The zero-order valence-corrected chi connectivity index (χ0v) is 17.5. The number of nitrogens with two attached hydrogens (primary N) is 1. The number of ether oxygens (including phenoxy) is 1. The van der Waals surface area contributed by atoms with Crippen LogP contribution in [0.1, 0.15) is 32.1 Å². The van der Waals surface area contributed by atoms with E-state index >= 15 is 0 Å². The minimum atomic E-state index is -0.649. The lowest BCUT2D eigenvalue weighted by Crippen LogP contribution is -2.39. The van der Waals surface area contributed by atoms with Crippen molar-refractivity contribution in [2.24, 2.45) is 10.7 Å². The number of aliphatic imine (C=N–C) groups is 1. The Kier molecular flexibility index (Phi) is 4.85. The van der Waals surface area contributed by atoms with Gasteiger partial charge in [0, 0.05) is 29.9 Å². The standard InChI is InChI=1S/C23H22N6O3/c1-32-17-8-6-16(7-9-17)29-20-18(19(27-29)21(24)30)10-13-28(23(20)31)15-4-2-14(3-5-15)22-25-11-12-26-22/h2-9H,10-13H2,1H3,(H2,24,30)(H,25,26). The van der Waals surface area contributed by atoms with Gasteiger partial charge in [-0.15, -0.1) is 0 Å². The molecule has 162 valence electrons. The van der Waals surface area contributed by atoms with Gasteiger partial charge >= 0.3 is 0 Å². The highest BCUT2D eigenvalue weighted by Gasteiger charge is 2.34. The first kappa shape index (κ1) is 19.8. The van der Waals surface area contributed by atoms with Gasteiger partial charge in [0.15, 0.2) is 5.69 Å². The molecule has 2 amide bonds. The highest BCUT2D eigenvalue weighted by molar-refractivity contribution is 6.10. The number of aromatic nitrogens is 2. The minimum Gasteiger partial charge on any atom is -0.497 e. The summed E-state index contributed by atoms with van der Waals surface area (Å²) in [5.74, 6) is 0.668. The highest BCUT2D eigenvalue weighted by atomic mass is 16.5. The van der Waals surface area contributed by atoms with Crippen LogP contribution in [-0.4, -0.2) is 54.2 Å². The lowest BCUT2D eigenvalue weighted by Gasteiger charge is -2.28. The van der Waals surface area contributed by atoms with E-state index in [9.17, 15) is 9.59 Å². The number of carbonyl (C=O) groups is 2. The molecule has 1 aromatic heterocycles. The number of nitrogens with one attached hydrogen (secondary N) is 1. The van der Waals surface area contributed by atoms with Crippen LogP contribution in [0.25, 0.3) is 5.69 Å². The van der Waals surface area contributed by atoms with E-state index in [1.54, 1.807) is 36.3 Å². The first-order valence-electron chi connectivity index (χ1n) is 10.3. The van der Waals surface area contributed by atoms with E-state index in [2.05, 4.69) is 15.4 Å². The molecule has 0 saturated carbocycles. The summed E-state index contributed by atoms with van der Waals surface area (Å²) in [6.07, 6.45) is 0.478. The van der Waals surface area contributed by atoms with Crippen molar-refractivity contribution in [1.29, 1.82) is 0 Å². The number of primary amides is 1. The topological polar surface area (TPSA) is 115 Å². The number of rotatable bonds is 5. The van der Waals surface area contributed by atoms with E-state index < -0.39 is 5.91 Å². The molecule has 3 aromatic rings. The van der Waals surface area contributed by atoms with E-state index in [1.807, 2.05) is 24.3 Å². The number of fused-ring (bicyclic) bond motifs is 1. The largest absolute Gasteiger partial charge is 0.497 e. The van der Waals surface area contributed by atoms with Gasteiger partial charge in [-0.2, -0.15) is 5.10 Å². The molecule has 3 N–H and O–H groups in total. The Balaban J connectivity index is 1.53. The summed E-state index contributed by atoms with van der Waals surface area (Å²) in [4.78, 5) is 31.7. The van der Waals surface area contributed by atoms with E-state index in [-0.39, 0.29) is 11.6 Å². The number of amides is 2. The molecule has 0 unspecified atom stereocenters. The van der Waals surface area contributed by atoms with Crippen LogP contribution >= 0.6 is 0 Å². The number of benzene rings is 2. The van der Waals surface area contributed by atoms with E-state index in [1.165, 1.54) is 4.68 Å². The van der Waals surface area contributed by atoms with Crippen molar-refractivity contribution in [2.75, 3.05) is 31.6 Å². The number of anilines is 1. The molecule has 2 aliphatic heterocycles. The SMILES string of the molecule is COc1ccc(-n2nc(C(N)=O)c3c2C(=O)N(c2ccc(C4=NCCN4)cc2)CC3)cc1. The lowest BCUT2D eigenvalue weighted by molar-refractivity contribution is 0.0972. The van der Waals surface area contributed by atoms with Crippen LogP contribution < -0.4 is 20.7 Å². The molecule has 9 nitrogen and oxygen atoms in total. The third kappa shape index (κ3) is 3.27. The van der Waals surface area contributed by atoms with E-state index in [0.717, 1.165) is 30.2 Å². The normalized spacial score (nSPS) is 15.2. The van der Waals surface area contributed by atoms with Crippen LogP contribution in [0.3, 0.4) is 0 Å². The van der Waals surface area contributed by atoms with Gasteiger partial charge in [0.2, 0.25) is 0 Å². The fraction of sp³-hybridized carbons (Fsp3) is 0.217. The number of carbonyl (C=O) groups excluding carboxylic acids is 2. The van der Waals surface area contributed by atoms with Crippen LogP contribution in [-0.2, 0) is 6.42 Å². The average molecular weight is 430 g/mol. The van der Waals surface area contributed by atoms with Crippen LogP contribution in [0.15, 0.2) is 53.5 Å². The Labute approximate surface area is 184 Å². The van der Waals surface area contributed by atoms with Crippen molar-refractivity contribution in [3.8, 4) is 11.4 Å². The second-order valence-corrected chi connectivity index (χ2v) is 7.56. The van der Waals surface area contributed by atoms with Crippen molar-refractivity contribution in [2.45, 2.75) is 6.42 Å².